The number of carbonyl (C=O) groups excluding carboxylic acids is 2. The summed E-state index contributed by atoms with van der Waals surface area (Å²) in [5.74, 6) is 1.39. The summed E-state index contributed by atoms with van der Waals surface area (Å²) < 4.78 is 6.97. The molecule has 0 bridgehead atoms. The lowest BCUT2D eigenvalue weighted by Gasteiger charge is -2.08. The molecule has 0 unspecified atom stereocenters. The van der Waals surface area contributed by atoms with Crippen molar-refractivity contribution < 1.29 is 14.3 Å². The van der Waals surface area contributed by atoms with Crippen LogP contribution in [0.2, 0.25) is 0 Å². The number of benzene rings is 2. The lowest BCUT2D eigenvalue weighted by atomic mass is 10.2. The van der Waals surface area contributed by atoms with E-state index in [1.165, 1.54) is 11.8 Å². The maximum atomic E-state index is 12.4. The summed E-state index contributed by atoms with van der Waals surface area (Å²) in [5.41, 5.74) is 1.35. The molecular weight excluding hydrogens is 388 g/mol. The summed E-state index contributed by atoms with van der Waals surface area (Å²) in [7, 11) is 1.59. The van der Waals surface area contributed by atoms with Crippen molar-refractivity contribution in [2.24, 2.45) is 0 Å². The molecule has 0 saturated carbocycles. The van der Waals surface area contributed by atoms with E-state index in [4.69, 9.17) is 4.74 Å². The SMILES string of the molecule is CCn1c(CC(=O)Nc2ccc(OC)cc2)nnc1SCC(=O)c1ccccc1. The smallest absolute Gasteiger partial charge is 0.232 e. The number of Topliss-reactive ketones (excluding diaryl/α,β-unsaturated/α-hetero) is 1. The second kappa shape index (κ2) is 9.88. The first-order valence-electron chi connectivity index (χ1n) is 9.17. The van der Waals surface area contributed by atoms with Crippen molar-refractivity contribution in [1.29, 1.82) is 0 Å². The molecule has 8 heteroatoms. The highest BCUT2D eigenvalue weighted by Crippen LogP contribution is 2.20. The zero-order valence-electron chi connectivity index (χ0n) is 16.3. The summed E-state index contributed by atoms with van der Waals surface area (Å²) >= 11 is 1.32. The largest absolute Gasteiger partial charge is 0.497 e. The van der Waals surface area contributed by atoms with Gasteiger partial charge in [-0.25, -0.2) is 0 Å². The van der Waals surface area contributed by atoms with E-state index in [2.05, 4.69) is 15.5 Å². The lowest BCUT2D eigenvalue weighted by molar-refractivity contribution is -0.115. The summed E-state index contributed by atoms with van der Waals surface area (Å²) in [6, 6.07) is 16.3. The Bertz CT molecular complexity index is 971. The number of methoxy groups -OCH3 is 1. The molecule has 0 spiro atoms. The third-order valence-electron chi connectivity index (χ3n) is 4.23. The number of hydrogen-bond acceptors (Lipinski definition) is 6. The number of nitrogens with one attached hydrogen (secondary N) is 1. The van der Waals surface area contributed by atoms with Gasteiger partial charge in [0.2, 0.25) is 5.91 Å². The molecule has 2 aromatic carbocycles. The molecule has 0 saturated heterocycles. The Morgan fingerprint density at radius 3 is 2.45 bits per heavy atom. The Kier molecular flexibility index (Phi) is 7.02. The van der Waals surface area contributed by atoms with Gasteiger partial charge in [0.25, 0.3) is 0 Å². The summed E-state index contributed by atoms with van der Waals surface area (Å²) in [5, 5.41) is 11.8. The first-order chi connectivity index (χ1) is 14.1. The van der Waals surface area contributed by atoms with Crippen molar-refractivity contribution in [2.75, 3.05) is 18.2 Å². The van der Waals surface area contributed by atoms with E-state index < -0.39 is 0 Å². The fourth-order valence-electron chi connectivity index (χ4n) is 2.73. The van der Waals surface area contributed by atoms with Gasteiger partial charge in [-0.05, 0) is 31.2 Å². The van der Waals surface area contributed by atoms with E-state index in [1.54, 1.807) is 43.5 Å². The zero-order valence-corrected chi connectivity index (χ0v) is 17.1. The van der Waals surface area contributed by atoms with Crippen molar-refractivity contribution in [3.63, 3.8) is 0 Å². The number of hydrogen-bond donors (Lipinski definition) is 1. The normalized spacial score (nSPS) is 10.6. The first-order valence-corrected chi connectivity index (χ1v) is 10.2. The van der Waals surface area contributed by atoms with Gasteiger partial charge >= 0.3 is 0 Å². The van der Waals surface area contributed by atoms with Gasteiger partial charge in [0.1, 0.15) is 11.6 Å². The molecule has 0 radical (unpaired) electrons. The van der Waals surface area contributed by atoms with Gasteiger partial charge in [-0.3, -0.25) is 9.59 Å². The summed E-state index contributed by atoms with van der Waals surface area (Å²) in [6.45, 7) is 2.57. The number of amides is 1. The Morgan fingerprint density at radius 1 is 1.07 bits per heavy atom. The summed E-state index contributed by atoms with van der Waals surface area (Å²) in [6.07, 6.45) is 0.0973. The van der Waals surface area contributed by atoms with E-state index in [0.29, 0.717) is 28.8 Å². The Hall–Kier alpha value is -3.13. The average molecular weight is 410 g/mol. The van der Waals surface area contributed by atoms with Gasteiger partial charge in [-0.1, -0.05) is 42.1 Å². The van der Waals surface area contributed by atoms with Gasteiger partial charge < -0.3 is 14.6 Å². The van der Waals surface area contributed by atoms with Gasteiger partial charge in [0, 0.05) is 17.8 Å². The molecule has 0 fully saturated rings. The molecule has 150 valence electrons. The molecule has 1 amide bonds. The van der Waals surface area contributed by atoms with Gasteiger partial charge in [0.15, 0.2) is 10.9 Å². The van der Waals surface area contributed by atoms with Crippen molar-refractivity contribution >= 4 is 29.1 Å². The van der Waals surface area contributed by atoms with Crippen LogP contribution in [0, 0.1) is 0 Å². The Labute approximate surface area is 173 Å². The monoisotopic (exact) mass is 410 g/mol. The third kappa shape index (κ3) is 5.45. The van der Waals surface area contributed by atoms with Crippen LogP contribution in [0.15, 0.2) is 59.8 Å². The number of ketones is 1. The van der Waals surface area contributed by atoms with Crippen LogP contribution in [0.25, 0.3) is 0 Å². The van der Waals surface area contributed by atoms with Crippen molar-refractivity contribution in [2.45, 2.75) is 25.0 Å². The van der Waals surface area contributed by atoms with E-state index in [0.717, 1.165) is 5.75 Å². The number of anilines is 1. The second-order valence-corrected chi connectivity index (χ2v) is 7.12. The van der Waals surface area contributed by atoms with Crippen molar-refractivity contribution in [1.82, 2.24) is 14.8 Å². The van der Waals surface area contributed by atoms with E-state index in [1.807, 2.05) is 29.7 Å². The maximum absolute atomic E-state index is 12.4. The molecule has 0 aliphatic rings. The highest BCUT2D eigenvalue weighted by atomic mass is 32.2. The number of aromatic nitrogens is 3. The molecule has 7 nitrogen and oxygen atoms in total. The highest BCUT2D eigenvalue weighted by Gasteiger charge is 2.16. The lowest BCUT2D eigenvalue weighted by Crippen LogP contribution is -2.17. The molecule has 1 N–H and O–H groups in total. The zero-order chi connectivity index (χ0) is 20.6. The molecule has 29 heavy (non-hydrogen) atoms. The van der Waals surface area contributed by atoms with Crippen LogP contribution in [-0.4, -0.2) is 39.3 Å². The molecule has 3 rings (SSSR count). The van der Waals surface area contributed by atoms with E-state index in [9.17, 15) is 9.59 Å². The molecule has 0 aliphatic carbocycles. The Balaban J connectivity index is 1.61. The van der Waals surface area contributed by atoms with Crippen molar-refractivity contribution in [3.8, 4) is 5.75 Å². The topological polar surface area (TPSA) is 86.1 Å². The van der Waals surface area contributed by atoms with Crippen LogP contribution >= 0.6 is 11.8 Å². The van der Waals surface area contributed by atoms with Crippen LogP contribution in [0.3, 0.4) is 0 Å². The minimum atomic E-state index is -0.186. The standard InChI is InChI=1S/C21H22N4O3S/c1-3-25-19(13-20(27)22-16-9-11-17(28-2)12-10-16)23-24-21(25)29-14-18(26)15-7-5-4-6-8-15/h4-12H,3,13-14H2,1-2H3,(H,22,27). The van der Waals surface area contributed by atoms with Gasteiger partial charge in [-0.2, -0.15) is 0 Å². The predicted molar refractivity (Wildman–Crippen MR) is 113 cm³/mol. The number of rotatable bonds is 9. The molecule has 0 aliphatic heterocycles. The molecule has 1 heterocycles. The minimum absolute atomic E-state index is 0.0278. The van der Waals surface area contributed by atoms with Gasteiger partial charge in [0.05, 0.1) is 19.3 Å². The predicted octanol–water partition coefficient (Wildman–Crippen LogP) is 3.46. The quantitative estimate of drug-likeness (QED) is 0.429. The fraction of sp³-hybridized carbons (Fsp3) is 0.238. The number of thioether (sulfide) groups is 1. The second-order valence-electron chi connectivity index (χ2n) is 6.17. The van der Waals surface area contributed by atoms with Crippen LogP contribution in [0.5, 0.6) is 5.75 Å². The number of ether oxygens (including phenoxy) is 1. The molecule has 3 aromatic rings. The number of nitrogens with zero attached hydrogens (tertiary/aromatic N) is 3. The number of carbonyl (C=O) groups is 2. The van der Waals surface area contributed by atoms with Crippen LogP contribution in [0.4, 0.5) is 5.69 Å². The van der Waals surface area contributed by atoms with Crippen molar-refractivity contribution in [3.05, 3.63) is 66.0 Å². The highest BCUT2D eigenvalue weighted by molar-refractivity contribution is 7.99. The maximum Gasteiger partial charge on any atom is 0.232 e. The van der Waals surface area contributed by atoms with Crippen LogP contribution in [0.1, 0.15) is 23.1 Å². The molecular formula is C21H22N4O3S. The van der Waals surface area contributed by atoms with Crippen LogP contribution in [-0.2, 0) is 17.8 Å². The Morgan fingerprint density at radius 2 is 1.79 bits per heavy atom. The van der Waals surface area contributed by atoms with Crippen LogP contribution < -0.4 is 10.1 Å². The van der Waals surface area contributed by atoms with E-state index >= 15 is 0 Å². The average Bonchev–Trinajstić information content (AvgIpc) is 3.14. The van der Waals surface area contributed by atoms with E-state index in [-0.39, 0.29) is 23.9 Å². The third-order valence-corrected chi connectivity index (χ3v) is 5.20. The minimum Gasteiger partial charge on any atom is -0.497 e. The van der Waals surface area contributed by atoms with Gasteiger partial charge in [-0.15, -0.1) is 10.2 Å². The fourth-order valence-corrected chi connectivity index (χ4v) is 3.65. The first kappa shape index (κ1) is 20.6. The molecule has 1 aromatic heterocycles. The molecule has 0 atom stereocenters. The summed E-state index contributed by atoms with van der Waals surface area (Å²) in [4.78, 5) is 24.7.